The molecule has 1 N–H and O–H groups in total. The maximum absolute atomic E-state index is 9.56. The second-order valence-electron chi connectivity index (χ2n) is 4.32. The first-order valence-corrected chi connectivity index (χ1v) is 5.67. The number of rotatable bonds is 4. The van der Waals surface area contributed by atoms with Gasteiger partial charge >= 0.3 is 0 Å². The Morgan fingerprint density at radius 3 is 2.73 bits per heavy atom. The van der Waals surface area contributed by atoms with E-state index in [1.807, 2.05) is 24.3 Å². The van der Waals surface area contributed by atoms with Gasteiger partial charge in [0.25, 0.3) is 0 Å². The molecule has 2 rings (SSSR count). The predicted molar refractivity (Wildman–Crippen MR) is 59.9 cm³/mol. The van der Waals surface area contributed by atoms with Crippen LogP contribution in [0.5, 0.6) is 5.75 Å². The van der Waals surface area contributed by atoms with E-state index in [0.717, 1.165) is 23.8 Å². The number of ether oxygens (including phenoxy) is 1. The Bertz CT molecular complexity index is 316. The van der Waals surface area contributed by atoms with Crippen LogP contribution in [-0.2, 0) is 0 Å². The minimum absolute atomic E-state index is 0.456. The zero-order valence-corrected chi connectivity index (χ0v) is 9.15. The Morgan fingerprint density at radius 2 is 2.13 bits per heavy atom. The van der Waals surface area contributed by atoms with Crippen molar-refractivity contribution >= 4 is 0 Å². The number of aliphatic hydroxyl groups is 1. The van der Waals surface area contributed by atoms with E-state index in [1.165, 1.54) is 19.3 Å². The molecule has 82 valence electrons. The van der Waals surface area contributed by atoms with Crippen LogP contribution < -0.4 is 4.74 Å². The molecule has 1 aliphatic rings. The molecule has 1 unspecified atom stereocenters. The van der Waals surface area contributed by atoms with Crippen LogP contribution in [0.25, 0.3) is 0 Å². The van der Waals surface area contributed by atoms with E-state index in [0.29, 0.717) is 0 Å². The first kappa shape index (κ1) is 10.5. The molecule has 15 heavy (non-hydrogen) atoms. The van der Waals surface area contributed by atoms with Gasteiger partial charge in [-0.3, -0.25) is 0 Å². The standard InChI is InChI=1S/C13H18O2/c1-10(14)12-7-2-3-8-13(12)15-9-11-5-4-6-11/h2-3,7-8,10-11,14H,4-6,9H2,1H3. The lowest BCUT2D eigenvalue weighted by atomic mass is 9.86. The van der Waals surface area contributed by atoms with Crippen LogP contribution >= 0.6 is 0 Å². The van der Waals surface area contributed by atoms with E-state index in [9.17, 15) is 5.11 Å². The number of benzene rings is 1. The molecule has 0 amide bonds. The summed E-state index contributed by atoms with van der Waals surface area (Å²) in [6, 6.07) is 7.72. The molecule has 0 bridgehead atoms. The summed E-state index contributed by atoms with van der Waals surface area (Å²) in [4.78, 5) is 0. The molecule has 2 heteroatoms. The summed E-state index contributed by atoms with van der Waals surface area (Å²) in [6.07, 6.45) is 3.46. The van der Waals surface area contributed by atoms with Crippen LogP contribution in [0.1, 0.15) is 37.9 Å². The molecule has 1 aromatic carbocycles. The van der Waals surface area contributed by atoms with Crippen molar-refractivity contribution in [1.29, 1.82) is 0 Å². The quantitative estimate of drug-likeness (QED) is 0.820. The largest absolute Gasteiger partial charge is 0.493 e. The topological polar surface area (TPSA) is 29.5 Å². The van der Waals surface area contributed by atoms with Crippen LogP contribution in [0.2, 0.25) is 0 Å². The lowest BCUT2D eigenvalue weighted by Crippen LogP contribution is -2.19. The predicted octanol–water partition coefficient (Wildman–Crippen LogP) is 2.92. The van der Waals surface area contributed by atoms with Crippen molar-refractivity contribution in [1.82, 2.24) is 0 Å². The third kappa shape index (κ3) is 2.51. The lowest BCUT2D eigenvalue weighted by Gasteiger charge is -2.25. The average molecular weight is 206 g/mol. The van der Waals surface area contributed by atoms with Crippen LogP contribution in [-0.4, -0.2) is 11.7 Å². The second-order valence-corrected chi connectivity index (χ2v) is 4.32. The average Bonchev–Trinajstić information content (AvgIpc) is 2.16. The fraction of sp³-hybridized carbons (Fsp3) is 0.538. The van der Waals surface area contributed by atoms with E-state index in [1.54, 1.807) is 6.92 Å². The van der Waals surface area contributed by atoms with E-state index in [-0.39, 0.29) is 0 Å². The molecule has 1 saturated carbocycles. The molecular weight excluding hydrogens is 188 g/mol. The summed E-state index contributed by atoms with van der Waals surface area (Å²) in [5, 5.41) is 9.56. The molecule has 1 aromatic rings. The smallest absolute Gasteiger partial charge is 0.125 e. The maximum atomic E-state index is 9.56. The van der Waals surface area contributed by atoms with Crippen LogP contribution in [0.4, 0.5) is 0 Å². The van der Waals surface area contributed by atoms with Crippen molar-refractivity contribution in [2.45, 2.75) is 32.3 Å². The fourth-order valence-corrected chi connectivity index (χ4v) is 1.82. The van der Waals surface area contributed by atoms with E-state index >= 15 is 0 Å². The first-order valence-electron chi connectivity index (χ1n) is 5.67. The third-order valence-electron chi connectivity index (χ3n) is 3.07. The van der Waals surface area contributed by atoms with Crippen LogP contribution in [0, 0.1) is 5.92 Å². The van der Waals surface area contributed by atoms with Gasteiger partial charge in [-0.25, -0.2) is 0 Å². The maximum Gasteiger partial charge on any atom is 0.125 e. The summed E-state index contributed by atoms with van der Waals surface area (Å²) in [7, 11) is 0. The summed E-state index contributed by atoms with van der Waals surface area (Å²) in [5.74, 6) is 1.56. The molecule has 0 saturated heterocycles. The highest BCUT2D eigenvalue weighted by atomic mass is 16.5. The summed E-state index contributed by atoms with van der Waals surface area (Å²) in [6.45, 7) is 2.56. The number of aliphatic hydroxyl groups excluding tert-OH is 1. The van der Waals surface area contributed by atoms with Crippen molar-refractivity contribution in [3.05, 3.63) is 29.8 Å². The third-order valence-corrected chi connectivity index (χ3v) is 3.07. The molecule has 1 atom stereocenters. The molecule has 1 aliphatic carbocycles. The highest BCUT2D eigenvalue weighted by Crippen LogP contribution is 2.29. The van der Waals surface area contributed by atoms with E-state index < -0.39 is 6.10 Å². The molecule has 0 spiro atoms. The SMILES string of the molecule is CC(O)c1ccccc1OCC1CCC1. The highest BCUT2D eigenvalue weighted by molar-refractivity contribution is 5.34. The Kier molecular flexibility index (Phi) is 3.27. The first-order chi connectivity index (χ1) is 7.27. The van der Waals surface area contributed by atoms with E-state index in [4.69, 9.17) is 4.74 Å². The van der Waals surface area contributed by atoms with Crippen molar-refractivity contribution in [2.24, 2.45) is 5.92 Å². The van der Waals surface area contributed by atoms with Crippen molar-refractivity contribution in [3.63, 3.8) is 0 Å². The van der Waals surface area contributed by atoms with Crippen molar-refractivity contribution in [2.75, 3.05) is 6.61 Å². The second kappa shape index (κ2) is 4.67. The molecule has 0 radical (unpaired) electrons. The fourth-order valence-electron chi connectivity index (χ4n) is 1.82. The molecule has 2 nitrogen and oxygen atoms in total. The van der Waals surface area contributed by atoms with Crippen LogP contribution in [0.15, 0.2) is 24.3 Å². The van der Waals surface area contributed by atoms with Gasteiger partial charge in [0.1, 0.15) is 5.75 Å². The summed E-state index contributed by atoms with van der Waals surface area (Å²) in [5.41, 5.74) is 0.886. The normalized spacial score (nSPS) is 18.3. The Hall–Kier alpha value is -1.02. The van der Waals surface area contributed by atoms with Gasteiger partial charge in [0.15, 0.2) is 0 Å². The number of hydrogen-bond donors (Lipinski definition) is 1. The van der Waals surface area contributed by atoms with Gasteiger partial charge in [0, 0.05) is 5.56 Å². The lowest BCUT2D eigenvalue weighted by molar-refractivity contribution is 0.164. The number of hydrogen-bond acceptors (Lipinski definition) is 2. The van der Waals surface area contributed by atoms with Crippen molar-refractivity contribution < 1.29 is 9.84 Å². The Labute approximate surface area is 90.9 Å². The molecule has 0 heterocycles. The van der Waals surface area contributed by atoms with E-state index in [2.05, 4.69) is 0 Å². The van der Waals surface area contributed by atoms with Crippen molar-refractivity contribution in [3.8, 4) is 5.75 Å². The van der Waals surface area contributed by atoms with Gasteiger partial charge in [0.05, 0.1) is 12.7 Å². The highest BCUT2D eigenvalue weighted by Gasteiger charge is 2.18. The van der Waals surface area contributed by atoms with Gasteiger partial charge in [-0.05, 0) is 31.7 Å². The zero-order valence-electron chi connectivity index (χ0n) is 9.15. The number of para-hydroxylation sites is 1. The summed E-state index contributed by atoms with van der Waals surface area (Å²) >= 11 is 0. The van der Waals surface area contributed by atoms with Gasteiger partial charge in [-0.2, -0.15) is 0 Å². The monoisotopic (exact) mass is 206 g/mol. The van der Waals surface area contributed by atoms with Gasteiger partial charge in [-0.15, -0.1) is 0 Å². The van der Waals surface area contributed by atoms with Gasteiger partial charge < -0.3 is 9.84 Å². The minimum Gasteiger partial charge on any atom is -0.493 e. The van der Waals surface area contributed by atoms with Gasteiger partial charge in [0.2, 0.25) is 0 Å². The van der Waals surface area contributed by atoms with Gasteiger partial charge in [-0.1, -0.05) is 24.6 Å². The zero-order chi connectivity index (χ0) is 10.7. The molecular formula is C13H18O2. The summed E-state index contributed by atoms with van der Waals surface area (Å²) < 4.78 is 5.74. The minimum atomic E-state index is -0.456. The molecule has 1 fully saturated rings. The molecule has 0 aliphatic heterocycles. The molecule has 0 aromatic heterocycles. The Morgan fingerprint density at radius 1 is 1.40 bits per heavy atom. The van der Waals surface area contributed by atoms with Crippen LogP contribution in [0.3, 0.4) is 0 Å². The Balaban J connectivity index is 1.99.